The maximum atomic E-state index is 14.9. The second kappa shape index (κ2) is 13.0. The number of aromatic hydroxyl groups is 1. The highest BCUT2D eigenvalue weighted by Gasteiger charge is 2.34. The fourth-order valence-corrected chi connectivity index (χ4v) is 3.49. The van der Waals surface area contributed by atoms with Gasteiger partial charge in [0.25, 0.3) is 0 Å². The molecular weight excluding hydrogens is 467 g/mol. The third-order valence-corrected chi connectivity index (χ3v) is 5.20. The zero-order valence-corrected chi connectivity index (χ0v) is 19.7. The van der Waals surface area contributed by atoms with E-state index in [0.29, 0.717) is 11.4 Å². The maximum absolute atomic E-state index is 14.9. The predicted molar refractivity (Wildman–Crippen MR) is 132 cm³/mol. The summed E-state index contributed by atoms with van der Waals surface area (Å²) in [5.74, 6) is -2.09. The second-order valence-corrected chi connectivity index (χ2v) is 7.76. The van der Waals surface area contributed by atoms with Crippen molar-refractivity contribution in [2.45, 2.75) is 18.9 Å². The van der Waals surface area contributed by atoms with Crippen molar-refractivity contribution >= 4 is 29.2 Å². The number of para-hydroxylation sites is 1. The van der Waals surface area contributed by atoms with E-state index >= 15 is 0 Å². The number of methoxy groups -OCH3 is 1. The number of pyridine rings is 1. The van der Waals surface area contributed by atoms with Gasteiger partial charge in [0.2, 0.25) is 17.7 Å². The van der Waals surface area contributed by atoms with Crippen LogP contribution >= 0.6 is 0 Å². The molecule has 10 heteroatoms. The summed E-state index contributed by atoms with van der Waals surface area (Å²) in [7, 11) is 1.48. The summed E-state index contributed by atoms with van der Waals surface area (Å²) in [4.78, 5) is 44.2. The number of anilines is 2. The molecule has 0 aliphatic carbocycles. The van der Waals surface area contributed by atoms with E-state index in [-0.39, 0.29) is 37.4 Å². The van der Waals surface area contributed by atoms with Crippen LogP contribution in [0.15, 0.2) is 72.9 Å². The topological polar surface area (TPSA) is 121 Å². The van der Waals surface area contributed by atoms with Gasteiger partial charge in [-0.05, 0) is 42.0 Å². The molecule has 0 bridgehead atoms. The van der Waals surface area contributed by atoms with Crippen LogP contribution in [-0.4, -0.2) is 48.1 Å². The van der Waals surface area contributed by atoms with Crippen molar-refractivity contribution in [3.63, 3.8) is 0 Å². The normalized spacial score (nSPS) is 11.4. The number of nitrogens with zero attached hydrogens (tertiary/aromatic N) is 2. The van der Waals surface area contributed by atoms with Crippen LogP contribution in [0, 0.1) is 5.82 Å². The smallest absolute Gasteiger partial charge is 0.247 e. The maximum Gasteiger partial charge on any atom is 0.247 e. The third kappa shape index (κ3) is 7.09. The van der Waals surface area contributed by atoms with Crippen LogP contribution in [-0.2, 0) is 19.1 Å². The van der Waals surface area contributed by atoms with Gasteiger partial charge in [-0.3, -0.25) is 19.3 Å². The quantitative estimate of drug-likeness (QED) is 0.352. The Morgan fingerprint density at radius 1 is 1.03 bits per heavy atom. The van der Waals surface area contributed by atoms with Crippen LogP contribution in [0.2, 0.25) is 0 Å². The van der Waals surface area contributed by atoms with Crippen LogP contribution in [0.1, 0.15) is 24.4 Å². The molecule has 9 nitrogen and oxygen atoms in total. The first-order valence-corrected chi connectivity index (χ1v) is 11.2. The fraction of sp³-hybridized carbons (Fsp3) is 0.231. The molecule has 3 amide bonds. The first-order valence-electron chi connectivity index (χ1n) is 11.2. The van der Waals surface area contributed by atoms with Crippen LogP contribution in [0.25, 0.3) is 0 Å². The predicted octanol–water partition coefficient (Wildman–Crippen LogP) is 3.18. The second-order valence-electron chi connectivity index (χ2n) is 7.76. The summed E-state index contributed by atoms with van der Waals surface area (Å²) in [6.45, 7) is 0.394. The highest BCUT2D eigenvalue weighted by atomic mass is 19.1. The molecule has 36 heavy (non-hydrogen) atoms. The van der Waals surface area contributed by atoms with E-state index in [0.717, 1.165) is 4.90 Å². The van der Waals surface area contributed by atoms with Crippen molar-refractivity contribution in [2.24, 2.45) is 0 Å². The first kappa shape index (κ1) is 26.3. The molecule has 0 radical (unpaired) electrons. The van der Waals surface area contributed by atoms with E-state index in [1.54, 1.807) is 24.3 Å². The van der Waals surface area contributed by atoms with Gasteiger partial charge >= 0.3 is 0 Å². The van der Waals surface area contributed by atoms with E-state index < -0.39 is 29.6 Å². The Kier molecular flexibility index (Phi) is 9.47. The molecule has 3 rings (SSSR count). The lowest BCUT2D eigenvalue weighted by Crippen LogP contribution is -2.45. The number of carbonyl (C=O) groups excluding carboxylic acids is 3. The SMILES string of the molecule is COCCNC(=O)[C@H](c1ccc(O)cc1)N(C(=O)CCC(=O)Nc1ccccn1)c1ccccc1F. The van der Waals surface area contributed by atoms with E-state index in [2.05, 4.69) is 15.6 Å². The van der Waals surface area contributed by atoms with Gasteiger partial charge in [0.1, 0.15) is 23.4 Å². The molecule has 0 saturated carbocycles. The Labute approximate surface area is 207 Å². The molecule has 0 saturated heterocycles. The Balaban J connectivity index is 1.91. The van der Waals surface area contributed by atoms with Gasteiger partial charge in [0, 0.05) is 32.7 Å². The first-order chi connectivity index (χ1) is 17.4. The van der Waals surface area contributed by atoms with Crippen molar-refractivity contribution in [1.29, 1.82) is 0 Å². The van der Waals surface area contributed by atoms with Crippen LogP contribution < -0.4 is 15.5 Å². The number of rotatable bonds is 11. The van der Waals surface area contributed by atoms with Gasteiger partial charge in [-0.2, -0.15) is 0 Å². The van der Waals surface area contributed by atoms with Gasteiger partial charge in [-0.25, -0.2) is 9.37 Å². The van der Waals surface area contributed by atoms with E-state index in [9.17, 15) is 23.9 Å². The van der Waals surface area contributed by atoms with Crippen molar-refractivity contribution in [3.8, 4) is 5.75 Å². The molecule has 0 spiro atoms. The zero-order valence-electron chi connectivity index (χ0n) is 19.7. The number of aromatic nitrogens is 1. The van der Waals surface area contributed by atoms with Gasteiger partial charge in [0.05, 0.1) is 12.3 Å². The molecule has 2 aromatic carbocycles. The molecular formula is C26H27FN4O5. The largest absolute Gasteiger partial charge is 0.508 e. The monoisotopic (exact) mass is 494 g/mol. The Bertz CT molecular complexity index is 1170. The number of hydrogen-bond acceptors (Lipinski definition) is 6. The summed E-state index contributed by atoms with van der Waals surface area (Å²) in [5, 5.41) is 15.0. The standard InChI is InChI=1S/C26H27FN4O5/c1-36-17-16-29-26(35)25(18-9-11-19(32)12-10-18)31(21-7-3-2-6-20(21)27)24(34)14-13-23(33)30-22-8-4-5-15-28-22/h2-12,15,25,32H,13-14,16-17H2,1H3,(H,29,35)(H,28,30,33)/t25-/m0/s1. The number of carbonyl (C=O) groups is 3. The highest BCUT2D eigenvalue weighted by Crippen LogP contribution is 2.31. The number of hydrogen-bond donors (Lipinski definition) is 3. The minimum absolute atomic E-state index is 0.0350. The minimum atomic E-state index is -1.27. The molecule has 0 aliphatic rings. The highest BCUT2D eigenvalue weighted by molar-refractivity contribution is 6.03. The summed E-state index contributed by atoms with van der Waals surface area (Å²) in [6, 6.07) is 15.0. The Morgan fingerprint density at radius 2 is 1.75 bits per heavy atom. The molecule has 3 N–H and O–H groups in total. The van der Waals surface area contributed by atoms with Crippen molar-refractivity contribution in [1.82, 2.24) is 10.3 Å². The van der Waals surface area contributed by atoms with E-state index in [1.165, 1.54) is 55.8 Å². The lowest BCUT2D eigenvalue weighted by atomic mass is 10.0. The number of phenolic OH excluding ortho intramolecular Hbond substituents is 1. The summed E-state index contributed by atoms with van der Waals surface area (Å²) in [5.41, 5.74) is 0.227. The van der Waals surface area contributed by atoms with Gasteiger partial charge in [-0.1, -0.05) is 30.3 Å². The zero-order chi connectivity index (χ0) is 25.9. The average molecular weight is 495 g/mol. The Morgan fingerprint density at radius 3 is 2.42 bits per heavy atom. The van der Waals surface area contributed by atoms with Crippen LogP contribution in [0.5, 0.6) is 5.75 Å². The summed E-state index contributed by atoms with van der Waals surface area (Å²) in [6.07, 6.45) is 1.01. The molecule has 1 heterocycles. The van der Waals surface area contributed by atoms with Gasteiger partial charge in [0.15, 0.2) is 0 Å². The lowest BCUT2D eigenvalue weighted by Gasteiger charge is -2.32. The van der Waals surface area contributed by atoms with E-state index in [1.807, 2.05) is 0 Å². The third-order valence-electron chi connectivity index (χ3n) is 5.20. The number of amides is 3. The molecule has 0 unspecified atom stereocenters. The number of halogens is 1. The fourth-order valence-electron chi connectivity index (χ4n) is 3.49. The summed E-state index contributed by atoms with van der Waals surface area (Å²) >= 11 is 0. The van der Waals surface area contributed by atoms with Crippen molar-refractivity contribution in [2.75, 3.05) is 30.5 Å². The average Bonchev–Trinajstić information content (AvgIpc) is 2.88. The number of ether oxygens (including phenoxy) is 1. The lowest BCUT2D eigenvalue weighted by molar-refractivity contribution is -0.127. The van der Waals surface area contributed by atoms with Crippen LogP contribution in [0.4, 0.5) is 15.9 Å². The molecule has 188 valence electrons. The van der Waals surface area contributed by atoms with Gasteiger partial charge < -0.3 is 20.5 Å². The molecule has 1 aromatic heterocycles. The van der Waals surface area contributed by atoms with Crippen molar-refractivity contribution < 1.29 is 28.6 Å². The van der Waals surface area contributed by atoms with Crippen LogP contribution in [0.3, 0.4) is 0 Å². The molecule has 1 atom stereocenters. The minimum Gasteiger partial charge on any atom is -0.508 e. The van der Waals surface area contributed by atoms with E-state index in [4.69, 9.17) is 4.74 Å². The number of phenols is 1. The molecule has 0 fully saturated rings. The number of nitrogens with one attached hydrogen (secondary N) is 2. The molecule has 0 aliphatic heterocycles. The number of benzene rings is 2. The molecule has 3 aromatic rings. The summed E-state index contributed by atoms with van der Waals surface area (Å²) < 4.78 is 19.9. The Hall–Kier alpha value is -4.31. The van der Waals surface area contributed by atoms with Crippen molar-refractivity contribution in [3.05, 3.63) is 84.3 Å². The van der Waals surface area contributed by atoms with Gasteiger partial charge in [-0.15, -0.1) is 0 Å².